The van der Waals surface area contributed by atoms with E-state index in [0.717, 1.165) is 0 Å². The van der Waals surface area contributed by atoms with Gasteiger partial charge in [0.05, 0.1) is 0 Å². The number of rotatable bonds is 9. The minimum absolute atomic E-state index is 0.558. The van der Waals surface area contributed by atoms with Crippen molar-refractivity contribution in [2.75, 3.05) is 0 Å². The van der Waals surface area contributed by atoms with E-state index in [1.165, 1.54) is 38.5 Å². The molecular weight excluding hydrogens is 351 g/mol. The molecule has 0 aromatic carbocycles. The molecule has 0 bridgehead atoms. The number of carboxylic acid groups (broad SMARTS) is 2. The van der Waals surface area contributed by atoms with E-state index in [1.807, 2.05) is 0 Å². The summed E-state index contributed by atoms with van der Waals surface area (Å²) in [4.78, 5) is 24.2. The molecule has 0 saturated heterocycles. The van der Waals surface area contributed by atoms with E-state index in [0.29, 0.717) is 12.2 Å². The van der Waals surface area contributed by atoms with Gasteiger partial charge in [-0.05, 0) is 0 Å². The first-order chi connectivity index (χ1) is 8.90. The molecule has 0 aromatic heterocycles. The average Bonchev–Trinajstić information content (AvgIpc) is 2.31. The van der Waals surface area contributed by atoms with Crippen LogP contribution in [0.1, 0.15) is 45.4 Å². The number of carbonyl (C=O) groups is 2. The van der Waals surface area contributed by atoms with Crippen LogP contribution in [-0.4, -0.2) is 41.9 Å². The Balaban J connectivity index is 0. The molecule has 0 unspecified atom stereocenters. The van der Waals surface area contributed by atoms with Crippen molar-refractivity contribution in [1.82, 2.24) is 0 Å². The van der Waals surface area contributed by atoms with E-state index in [4.69, 9.17) is 10.2 Å². The molecule has 0 atom stereocenters. The SMILES string of the molecule is CCCCCCC[CH2][SnH]([CH3])[CH3].O=C(O)/C=C/C(=O)O. The normalized spacial score (nSPS) is 10.3. The van der Waals surface area contributed by atoms with Crippen LogP contribution in [0.25, 0.3) is 0 Å². The zero-order valence-electron chi connectivity index (χ0n) is 12.4. The zero-order chi connectivity index (χ0) is 15.1. The van der Waals surface area contributed by atoms with E-state index in [-0.39, 0.29) is 0 Å². The molecule has 0 radical (unpaired) electrons. The van der Waals surface area contributed by atoms with Crippen LogP contribution in [0.3, 0.4) is 0 Å². The van der Waals surface area contributed by atoms with Crippen LogP contribution in [-0.2, 0) is 9.59 Å². The minimum atomic E-state index is -1.26. The Morgan fingerprint density at radius 3 is 1.68 bits per heavy atom. The first kappa shape index (κ1) is 20.8. The largest absolute Gasteiger partial charge is 0.478 e. The third kappa shape index (κ3) is 26.9. The van der Waals surface area contributed by atoms with Gasteiger partial charge < -0.3 is 10.2 Å². The molecule has 0 amide bonds. The Hall–Kier alpha value is -0.521. The fourth-order valence-corrected chi connectivity index (χ4v) is 4.63. The number of hydrogen-bond donors (Lipinski definition) is 2. The van der Waals surface area contributed by atoms with Gasteiger partial charge in [0, 0.05) is 12.2 Å². The predicted octanol–water partition coefficient (Wildman–Crippen LogP) is 3.55. The standard InChI is InChI=1S/C8H17.C4H4O4.2CH3.Sn.H/c1-3-5-7-8-6-4-2;5-3(6)1-2-4(7)8;;;;/h1,3-8H2,2H3;1-2H,(H,5,6)(H,7,8);2*1H3;;/b;2-1+;;;;. The first-order valence-electron chi connectivity index (χ1n) is 7.04. The van der Waals surface area contributed by atoms with Crippen LogP contribution in [0.2, 0.25) is 14.3 Å². The van der Waals surface area contributed by atoms with E-state index in [2.05, 4.69) is 16.8 Å². The molecule has 0 fully saturated rings. The van der Waals surface area contributed by atoms with Gasteiger partial charge in [-0.25, -0.2) is 9.59 Å². The van der Waals surface area contributed by atoms with E-state index in [1.54, 1.807) is 4.44 Å². The second kappa shape index (κ2) is 15.5. The first-order valence-corrected chi connectivity index (χ1v) is 16.0. The molecule has 0 spiro atoms. The molecule has 4 nitrogen and oxygen atoms in total. The number of carboxylic acids is 2. The van der Waals surface area contributed by atoms with Crippen molar-refractivity contribution >= 4 is 31.7 Å². The molecular formula is C14H28O4Sn. The number of hydrogen-bond acceptors (Lipinski definition) is 2. The van der Waals surface area contributed by atoms with Crippen molar-refractivity contribution in [3.8, 4) is 0 Å². The molecule has 19 heavy (non-hydrogen) atoms. The van der Waals surface area contributed by atoms with Crippen molar-refractivity contribution < 1.29 is 19.8 Å². The van der Waals surface area contributed by atoms with Crippen molar-refractivity contribution in [3.63, 3.8) is 0 Å². The van der Waals surface area contributed by atoms with Crippen LogP contribution < -0.4 is 0 Å². The molecule has 0 aliphatic heterocycles. The maximum absolute atomic E-state index is 9.55. The van der Waals surface area contributed by atoms with Crippen LogP contribution in [0.5, 0.6) is 0 Å². The molecule has 0 heterocycles. The Bertz CT molecular complexity index is 246. The summed E-state index contributed by atoms with van der Waals surface area (Å²) >= 11 is -0.810. The third-order valence-electron chi connectivity index (χ3n) is 2.50. The van der Waals surface area contributed by atoms with Crippen LogP contribution in [0.15, 0.2) is 12.2 Å². The fraction of sp³-hybridized carbons (Fsp3) is 0.714. The van der Waals surface area contributed by atoms with E-state index >= 15 is 0 Å². The van der Waals surface area contributed by atoms with Gasteiger partial charge in [-0.15, -0.1) is 0 Å². The van der Waals surface area contributed by atoms with Gasteiger partial charge in [-0.3, -0.25) is 0 Å². The molecule has 0 saturated carbocycles. The Labute approximate surface area is 123 Å². The number of aliphatic carboxylic acids is 2. The van der Waals surface area contributed by atoms with Gasteiger partial charge in [0.25, 0.3) is 0 Å². The summed E-state index contributed by atoms with van der Waals surface area (Å²) in [5, 5.41) is 15.6. The van der Waals surface area contributed by atoms with Crippen molar-refractivity contribution in [2.24, 2.45) is 0 Å². The molecule has 0 aromatic rings. The maximum atomic E-state index is 9.55. The Morgan fingerprint density at radius 1 is 0.895 bits per heavy atom. The van der Waals surface area contributed by atoms with E-state index < -0.39 is 31.7 Å². The van der Waals surface area contributed by atoms with Crippen LogP contribution in [0, 0.1) is 0 Å². The molecule has 0 rings (SSSR count). The van der Waals surface area contributed by atoms with Gasteiger partial charge in [-0.2, -0.15) is 0 Å². The second-order valence-corrected chi connectivity index (χ2v) is 14.6. The van der Waals surface area contributed by atoms with Crippen molar-refractivity contribution in [1.29, 1.82) is 0 Å². The second-order valence-electron chi connectivity index (χ2n) is 4.96. The average molecular weight is 379 g/mol. The summed E-state index contributed by atoms with van der Waals surface area (Å²) in [6, 6.07) is 0. The van der Waals surface area contributed by atoms with Gasteiger partial charge in [0.2, 0.25) is 0 Å². The van der Waals surface area contributed by atoms with Gasteiger partial charge in [0.15, 0.2) is 0 Å². The van der Waals surface area contributed by atoms with Crippen LogP contribution >= 0.6 is 0 Å². The Morgan fingerprint density at radius 2 is 1.32 bits per heavy atom. The fourth-order valence-electron chi connectivity index (χ4n) is 1.48. The quantitative estimate of drug-likeness (QED) is 0.365. The summed E-state index contributed by atoms with van der Waals surface area (Å²) in [5.74, 6) is -2.51. The molecule has 112 valence electrons. The smallest absolute Gasteiger partial charge is 0.328 e. The molecule has 5 heteroatoms. The summed E-state index contributed by atoms with van der Waals surface area (Å²) in [6.45, 7) is 2.28. The predicted molar refractivity (Wildman–Crippen MR) is 81.5 cm³/mol. The van der Waals surface area contributed by atoms with E-state index in [9.17, 15) is 9.59 Å². The van der Waals surface area contributed by atoms with Crippen molar-refractivity contribution in [2.45, 2.75) is 59.8 Å². The summed E-state index contributed by atoms with van der Waals surface area (Å²) in [6.07, 6.45) is 9.96. The topological polar surface area (TPSA) is 74.6 Å². The molecule has 0 aliphatic carbocycles. The number of unbranched alkanes of at least 4 members (excludes halogenated alkanes) is 5. The summed E-state index contributed by atoms with van der Waals surface area (Å²) < 4.78 is 1.63. The van der Waals surface area contributed by atoms with Gasteiger partial charge in [0.1, 0.15) is 0 Å². The zero-order valence-corrected chi connectivity index (χ0v) is 15.7. The minimum Gasteiger partial charge on any atom is -0.478 e. The maximum Gasteiger partial charge on any atom is 0.328 e. The van der Waals surface area contributed by atoms with Crippen molar-refractivity contribution in [3.05, 3.63) is 12.2 Å². The van der Waals surface area contributed by atoms with Gasteiger partial charge in [-0.1, -0.05) is 0 Å². The molecule has 2 N–H and O–H groups in total. The Kier molecular flexibility index (Phi) is 17.0. The monoisotopic (exact) mass is 380 g/mol. The summed E-state index contributed by atoms with van der Waals surface area (Å²) in [5.41, 5.74) is 0. The summed E-state index contributed by atoms with van der Waals surface area (Å²) in [7, 11) is 0. The molecule has 0 aliphatic rings. The van der Waals surface area contributed by atoms with Gasteiger partial charge >= 0.3 is 91.5 Å². The van der Waals surface area contributed by atoms with Crippen LogP contribution in [0.4, 0.5) is 0 Å². The third-order valence-corrected chi connectivity index (χ3v) is 6.96.